The number of phenols is 3. The van der Waals surface area contributed by atoms with Gasteiger partial charge in [0.2, 0.25) is 17.8 Å². The number of aromatic hydroxyl groups is 3. The van der Waals surface area contributed by atoms with Crippen LogP contribution in [0.2, 0.25) is 0 Å². The van der Waals surface area contributed by atoms with Gasteiger partial charge in [-0.2, -0.15) is 15.0 Å². The van der Waals surface area contributed by atoms with Crippen LogP contribution in [-0.4, -0.2) is 45.2 Å². The predicted octanol–water partition coefficient (Wildman–Crippen LogP) is 8.11. The second-order valence-corrected chi connectivity index (χ2v) is 12.9. The van der Waals surface area contributed by atoms with E-state index in [0.717, 1.165) is 16.7 Å². The Balaban J connectivity index is 1.52. The molecule has 4 aromatic heterocycles. The SMILES string of the molecule is Cc1ccc(O)c(N(Cc2ccccn2)c2nc(N(Cc3ccccn3)c3cc(C)ccc3O)nc(N(Cc3ccccn3)c3cc(C)ccc3O)n2)c1. The van der Waals surface area contributed by atoms with Crippen molar-refractivity contribution >= 4 is 34.9 Å². The first-order valence-electron chi connectivity index (χ1n) is 17.4. The standard InChI is InChI=1S/C42H39N9O3/c1-28-13-16-37(52)34(22-28)49(25-31-10-4-7-19-43-31)40-46-41(50(26-32-11-5-8-20-44-32)35-23-29(2)14-17-38(35)53)48-42(47-40)51(27-33-12-6-9-21-45-33)36-24-30(3)15-18-39(36)54/h4-24,52-54H,25-27H2,1-3H3. The monoisotopic (exact) mass is 717 g/mol. The van der Waals surface area contributed by atoms with Crippen LogP contribution in [-0.2, 0) is 19.6 Å². The summed E-state index contributed by atoms with van der Waals surface area (Å²) < 4.78 is 0. The summed E-state index contributed by atoms with van der Waals surface area (Å²) in [6, 6.07) is 32.8. The van der Waals surface area contributed by atoms with Crippen LogP contribution in [0.5, 0.6) is 17.2 Å². The zero-order chi connectivity index (χ0) is 37.6. The number of anilines is 6. The molecule has 0 bridgehead atoms. The molecule has 270 valence electrons. The maximum absolute atomic E-state index is 11.3. The zero-order valence-corrected chi connectivity index (χ0v) is 30.1. The first-order valence-corrected chi connectivity index (χ1v) is 17.4. The van der Waals surface area contributed by atoms with Crippen molar-refractivity contribution in [1.82, 2.24) is 29.9 Å². The Labute approximate surface area is 313 Å². The molecule has 12 nitrogen and oxygen atoms in total. The lowest BCUT2D eigenvalue weighted by Crippen LogP contribution is -2.27. The van der Waals surface area contributed by atoms with Crippen LogP contribution in [0.4, 0.5) is 34.9 Å². The Bertz CT molecular complexity index is 2090. The number of phenolic OH excluding ortho intramolecular Hbond substituents is 3. The molecule has 12 heteroatoms. The van der Waals surface area contributed by atoms with Crippen molar-refractivity contribution in [3.05, 3.63) is 162 Å². The summed E-state index contributed by atoms with van der Waals surface area (Å²) in [6.45, 7) is 6.38. The Morgan fingerprint density at radius 3 is 0.963 bits per heavy atom. The first kappa shape index (κ1) is 35.3. The van der Waals surface area contributed by atoms with Crippen LogP contribution in [0.15, 0.2) is 128 Å². The van der Waals surface area contributed by atoms with E-state index in [2.05, 4.69) is 15.0 Å². The topological polar surface area (TPSA) is 148 Å². The van der Waals surface area contributed by atoms with Crippen molar-refractivity contribution in [1.29, 1.82) is 0 Å². The smallest absolute Gasteiger partial charge is 0.237 e. The van der Waals surface area contributed by atoms with E-state index in [0.29, 0.717) is 34.1 Å². The molecule has 7 rings (SSSR count). The molecule has 3 aromatic carbocycles. The predicted molar refractivity (Wildman–Crippen MR) is 209 cm³/mol. The van der Waals surface area contributed by atoms with E-state index in [4.69, 9.17) is 15.0 Å². The molecule has 54 heavy (non-hydrogen) atoms. The van der Waals surface area contributed by atoms with Crippen molar-refractivity contribution in [2.45, 2.75) is 40.4 Å². The van der Waals surface area contributed by atoms with Crippen molar-refractivity contribution in [3.8, 4) is 17.2 Å². The van der Waals surface area contributed by atoms with E-state index < -0.39 is 0 Å². The summed E-state index contributed by atoms with van der Waals surface area (Å²) in [5, 5.41) is 34.0. The molecule has 0 atom stereocenters. The highest BCUT2D eigenvalue weighted by Crippen LogP contribution is 2.40. The largest absolute Gasteiger partial charge is 0.506 e. The number of hydrogen-bond acceptors (Lipinski definition) is 12. The highest BCUT2D eigenvalue weighted by Gasteiger charge is 2.27. The molecule has 0 spiro atoms. The molecular weight excluding hydrogens is 679 g/mol. The zero-order valence-electron chi connectivity index (χ0n) is 30.1. The van der Waals surface area contributed by atoms with Crippen molar-refractivity contribution in [2.24, 2.45) is 0 Å². The van der Waals surface area contributed by atoms with Crippen LogP contribution in [0.25, 0.3) is 0 Å². The number of benzene rings is 3. The maximum Gasteiger partial charge on any atom is 0.237 e. The number of nitrogens with zero attached hydrogens (tertiary/aromatic N) is 9. The number of aromatic nitrogens is 6. The van der Waals surface area contributed by atoms with E-state index in [1.165, 1.54) is 0 Å². The molecule has 3 N–H and O–H groups in total. The molecular formula is C42H39N9O3. The number of hydrogen-bond donors (Lipinski definition) is 3. The first-order chi connectivity index (χ1) is 26.2. The van der Waals surface area contributed by atoms with Crippen molar-refractivity contribution in [3.63, 3.8) is 0 Å². The van der Waals surface area contributed by atoms with E-state index >= 15 is 0 Å². The summed E-state index contributed by atoms with van der Waals surface area (Å²) in [6.07, 6.45) is 5.12. The lowest BCUT2D eigenvalue weighted by atomic mass is 10.1. The highest BCUT2D eigenvalue weighted by atomic mass is 16.3. The van der Waals surface area contributed by atoms with Crippen LogP contribution >= 0.6 is 0 Å². The highest BCUT2D eigenvalue weighted by molar-refractivity contribution is 5.73. The molecule has 0 fully saturated rings. The van der Waals surface area contributed by atoms with Gasteiger partial charge in [-0.15, -0.1) is 0 Å². The number of rotatable bonds is 12. The average molecular weight is 718 g/mol. The van der Waals surface area contributed by atoms with Gasteiger partial charge in [-0.05, 0) is 110 Å². The normalized spacial score (nSPS) is 10.9. The molecule has 0 unspecified atom stereocenters. The van der Waals surface area contributed by atoms with Gasteiger partial charge in [0, 0.05) is 18.6 Å². The molecule has 0 aliphatic rings. The molecule has 0 saturated carbocycles. The molecule has 0 aliphatic carbocycles. The third-order valence-corrected chi connectivity index (χ3v) is 8.73. The van der Waals surface area contributed by atoms with E-state index in [1.54, 1.807) is 51.5 Å². The Kier molecular flexibility index (Phi) is 10.2. The minimum atomic E-state index is 0.0170. The molecule has 7 aromatic rings. The van der Waals surface area contributed by atoms with Crippen molar-refractivity contribution < 1.29 is 15.3 Å². The summed E-state index contributed by atoms with van der Waals surface area (Å²) in [5.41, 5.74) is 6.18. The summed E-state index contributed by atoms with van der Waals surface area (Å²) >= 11 is 0. The fraction of sp³-hybridized carbons (Fsp3) is 0.143. The Morgan fingerprint density at radius 1 is 0.407 bits per heavy atom. The van der Waals surface area contributed by atoms with Crippen LogP contribution in [0.3, 0.4) is 0 Å². The van der Waals surface area contributed by atoms with Gasteiger partial charge < -0.3 is 30.0 Å². The van der Waals surface area contributed by atoms with Crippen LogP contribution in [0.1, 0.15) is 33.8 Å². The minimum absolute atomic E-state index is 0.0170. The number of aryl methyl sites for hydroxylation is 3. The summed E-state index contributed by atoms with van der Waals surface area (Å²) in [4.78, 5) is 34.4. The van der Waals surface area contributed by atoms with Crippen LogP contribution < -0.4 is 14.7 Å². The fourth-order valence-electron chi connectivity index (χ4n) is 6.01. The Morgan fingerprint density at radius 2 is 0.704 bits per heavy atom. The van der Waals surface area contributed by atoms with Gasteiger partial charge in [0.05, 0.1) is 53.8 Å². The maximum atomic E-state index is 11.3. The van der Waals surface area contributed by atoms with Crippen molar-refractivity contribution in [2.75, 3.05) is 14.7 Å². The molecule has 0 amide bonds. The number of pyridine rings is 3. The second-order valence-electron chi connectivity index (χ2n) is 12.9. The van der Waals surface area contributed by atoms with Gasteiger partial charge in [-0.1, -0.05) is 36.4 Å². The van der Waals surface area contributed by atoms with E-state index in [9.17, 15) is 15.3 Å². The fourth-order valence-corrected chi connectivity index (χ4v) is 6.01. The van der Waals surface area contributed by atoms with Gasteiger partial charge in [-0.25, -0.2) is 0 Å². The molecule has 4 heterocycles. The van der Waals surface area contributed by atoms with Gasteiger partial charge in [0.25, 0.3) is 0 Å². The molecule has 0 radical (unpaired) electrons. The Hall–Kier alpha value is -7.08. The quantitative estimate of drug-likeness (QED) is 0.112. The molecule has 0 aliphatic heterocycles. The average Bonchev–Trinajstić information content (AvgIpc) is 3.19. The van der Waals surface area contributed by atoms with E-state index in [1.807, 2.05) is 112 Å². The van der Waals surface area contributed by atoms with Gasteiger partial charge in [0.1, 0.15) is 17.2 Å². The van der Waals surface area contributed by atoms with Crippen LogP contribution in [0, 0.1) is 20.8 Å². The lowest BCUT2D eigenvalue weighted by molar-refractivity contribution is 0.474. The summed E-state index contributed by atoms with van der Waals surface area (Å²) in [5.74, 6) is 0.587. The molecule has 0 saturated heterocycles. The third-order valence-electron chi connectivity index (χ3n) is 8.73. The second kappa shape index (κ2) is 15.7. The minimum Gasteiger partial charge on any atom is -0.506 e. The lowest BCUT2D eigenvalue weighted by Gasteiger charge is -2.30. The van der Waals surface area contributed by atoms with Gasteiger partial charge in [-0.3, -0.25) is 15.0 Å². The van der Waals surface area contributed by atoms with E-state index in [-0.39, 0.29) is 54.7 Å². The van der Waals surface area contributed by atoms with Gasteiger partial charge in [0.15, 0.2) is 0 Å². The summed E-state index contributed by atoms with van der Waals surface area (Å²) in [7, 11) is 0. The third kappa shape index (κ3) is 8.02. The van der Waals surface area contributed by atoms with Gasteiger partial charge >= 0.3 is 0 Å².